The van der Waals surface area contributed by atoms with E-state index in [0.29, 0.717) is 29.8 Å². The largest absolute Gasteiger partial charge is 0.416 e. The topological polar surface area (TPSA) is 37.4 Å². The maximum absolute atomic E-state index is 13.1. The Bertz CT molecular complexity index is 758. The van der Waals surface area contributed by atoms with E-state index in [4.69, 9.17) is 16.3 Å². The van der Waals surface area contributed by atoms with Crippen molar-refractivity contribution < 1.29 is 17.9 Å². The summed E-state index contributed by atoms with van der Waals surface area (Å²) in [6, 6.07) is 3.80. The Morgan fingerprint density at radius 3 is 2.58 bits per heavy atom. The second-order valence-electron chi connectivity index (χ2n) is 6.33. The molecule has 1 aromatic heterocycles. The molecule has 2 heterocycles. The van der Waals surface area contributed by atoms with E-state index < -0.39 is 11.7 Å². The summed E-state index contributed by atoms with van der Waals surface area (Å²) in [5.74, 6) is 0. The number of benzene rings is 1. The number of nitrogens with zero attached hydrogens (tertiary/aromatic N) is 2. The lowest BCUT2D eigenvalue weighted by Crippen LogP contribution is -2.45. The fourth-order valence-electron chi connectivity index (χ4n) is 3.05. The van der Waals surface area contributed by atoms with E-state index >= 15 is 0 Å². The third-order valence-corrected chi connectivity index (χ3v) is 5.18. The van der Waals surface area contributed by atoms with Crippen molar-refractivity contribution in [2.24, 2.45) is 0 Å². The number of thiazole rings is 1. The van der Waals surface area contributed by atoms with E-state index in [1.54, 1.807) is 6.20 Å². The predicted molar refractivity (Wildman–Crippen MR) is 98.1 cm³/mol. The van der Waals surface area contributed by atoms with Gasteiger partial charge in [0.2, 0.25) is 0 Å². The number of rotatable bonds is 4. The van der Waals surface area contributed by atoms with Gasteiger partial charge in [-0.2, -0.15) is 13.2 Å². The maximum Gasteiger partial charge on any atom is 0.416 e. The summed E-state index contributed by atoms with van der Waals surface area (Å²) in [5, 5.41) is 3.11. The Morgan fingerprint density at radius 2 is 2.00 bits per heavy atom. The minimum absolute atomic E-state index is 0.00851. The zero-order valence-corrected chi connectivity index (χ0v) is 15.9. The quantitative estimate of drug-likeness (QED) is 0.773. The molecule has 2 aromatic rings. The standard InChI is InChI=1S/C17H19ClF3N3OS/c1-10-8-24(9-11(2)25-10)15-4-3-12(17(19,20)21)5-14(15)22-6-13-7-23-16(18)26-13/h3-5,7,10-11,22H,6,8-9H2,1-2H3. The fraction of sp³-hybridized carbons (Fsp3) is 0.471. The van der Waals surface area contributed by atoms with E-state index in [1.165, 1.54) is 17.4 Å². The molecule has 142 valence electrons. The highest BCUT2D eigenvalue weighted by molar-refractivity contribution is 7.15. The monoisotopic (exact) mass is 405 g/mol. The van der Waals surface area contributed by atoms with Crippen molar-refractivity contribution in [1.82, 2.24) is 4.98 Å². The fourth-order valence-corrected chi connectivity index (χ4v) is 3.97. The Balaban J connectivity index is 1.89. The van der Waals surface area contributed by atoms with Crippen LogP contribution in [-0.4, -0.2) is 30.3 Å². The molecule has 4 nitrogen and oxygen atoms in total. The molecule has 1 aliphatic rings. The molecule has 1 saturated heterocycles. The van der Waals surface area contributed by atoms with Crippen molar-refractivity contribution in [3.8, 4) is 0 Å². The first-order valence-electron chi connectivity index (χ1n) is 8.18. The summed E-state index contributed by atoms with van der Waals surface area (Å²) >= 11 is 7.12. The van der Waals surface area contributed by atoms with Crippen LogP contribution in [0.25, 0.3) is 0 Å². The number of ether oxygens (including phenoxy) is 1. The molecule has 1 N–H and O–H groups in total. The molecule has 0 bridgehead atoms. The second-order valence-corrected chi connectivity index (χ2v) is 8.02. The smallest absolute Gasteiger partial charge is 0.378 e. The summed E-state index contributed by atoms with van der Waals surface area (Å²) in [7, 11) is 0. The highest BCUT2D eigenvalue weighted by Crippen LogP contribution is 2.36. The van der Waals surface area contributed by atoms with Crippen LogP contribution < -0.4 is 10.2 Å². The van der Waals surface area contributed by atoms with Crippen molar-refractivity contribution in [2.75, 3.05) is 23.3 Å². The lowest BCUT2D eigenvalue weighted by molar-refractivity contribution is -0.137. The molecular formula is C17H19ClF3N3OS. The van der Waals surface area contributed by atoms with Gasteiger partial charge in [0.05, 0.1) is 35.7 Å². The van der Waals surface area contributed by atoms with Gasteiger partial charge in [-0.1, -0.05) is 11.6 Å². The van der Waals surface area contributed by atoms with Crippen LogP contribution in [0.1, 0.15) is 24.3 Å². The SMILES string of the molecule is CC1CN(c2ccc(C(F)(F)F)cc2NCc2cnc(Cl)s2)CC(C)O1. The van der Waals surface area contributed by atoms with Crippen LogP contribution in [0.4, 0.5) is 24.5 Å². The average molecular weight is 406 g/mol. The number of anilines is 2. The molecule has 9 heteroatoms. The van der Waals surface area contributed by atoms with Crippen LogP contribution >= 0.6 is 22.9 Å². The van der Waals surface area contributed by atoms with Gasteiger partial charge in [-0.05, 0) is 32.0 Å². The molecule has 2 atom stereocenters. The highest BCUT2D eigenvalue weighted by atomic mass is 35.5. The first kappa shape index (κ1) is 19.3. The normalized spacial score (nSPS) is 21.1. The van der Waals surface area contributed by atoms with E-state index in [1.807, 2.05) is 13.8 Å². The molecule has 2 unspecified atom stereocenters. The molecule has 0 amide bonds. The predicted octanol–water partition coefficient (Wildman–Crippen LogP) is 5.04. The van der Waals surface area contributed by atoms with E-state index in [2.05, 4.69) is 15.2 Å². The molecule has 26 heavy (non-hydrogen) atoms. The zero-order chi connectivity index (χ0) is 18.9. The molecule has 1 aromatic carbocycles. The molecule has 0 spiro atoms. The Hall–Kier alpha value is -1.51. The lowest BCUT2D eigenvalue weighted by atomic mass is 10.1. The van der Waals surface area contributed by atoms with Crippen molar-refractivity contribution in [2.45, 2.75) is 38.8 Å². The third-order valence-electron chi connectivity index (χ3n) is 4.06. The van der Waals surface area contributed by atoms with Gasteiger partial charge in [-0.3, -0.25) is 0 Å². The van der Waals surface area contributed by atoms with Gasteiger partial charge in [0.1, 0.15) is 0 Å². The van der Waals surface area contributed by atoms with Crippen LogP contribution in [0.15, 0.2) is 24.4 Å². The Morgan fingerprint density at radius 1 is 1.31 bits per heavy atom. The molecule has 0 aliphatic carbocycles. The number of halogens is 4. The summed E-state index contributed by atoms with van der Waals surface area (Å²) < 4.78 is 45.6. The van der Waals surface area contributed by atoms with Crippen molar-refractivity contribution in [3.05, 3.63) is 39.3 Å². The first-order chi connectivity index (χ1) is 12.2. The highest BCUT2D eigenvalue weighted by Gasteiger charge is 2.32. The van der Waals surface area contributed by atoms with Crippen molar-refractivity contribution in [3.63, 3.8) is 0 Å². The van der Waals surface area contributed by atoms with Crippen LogP contribution in [0, 0.1) is 0 Å². The molecule has 3 rings (SSSR count). The molecule has 0 radical (unpaired) electrons. The first-order valence-corrected chi connectivity index (χ1v) is 9.37. The van der Waals surface area contributed by atoms with Gasteiger partial charge < -0.3 is 15.0 Å². The summed E-state index contributed by atoms with van der Waals surface area (Å²) in [4.78, 5) is 6.86. The number of nitrogens with one attached hydrogen (secondary N) is 1. The van der Waals surface area contributed by atoms with Crippen LogP contribution in [0.2, 0.25) is 4.47 Å². The van der Waals surface area contributed by atoms with E-state index in [0.717, 1.165) is 22.7 Å². The van der Waals surface area contributed by atoms with E-state index in [-0.39, 0.29) is 12.2 Å². The van der Waals surface area contributed by atoms with Crippen LogP contribution in [-0.2, 0) is 17.5 Å². The second kappa shape index (κ2) is 7.62. The molecule has 1 fully saturated rings. The third kappa shape index (κ3) is 4.61. The Labute approximate surface area is 158 Å². The number of hydrogen-bond donors (Lipinski definition) is 1. The molecular weight excluding hydrogens is 387 g/mol. The minimum atomic E-state index is -4.39. The van der Waals surface area contributed by atoms with Crippen molar-refractivity contribution in [1.29, 1.82) is 0 Å². The lowest BCUT2D eigenvalue weighted by Gasteiger charge is -2.38. The minimum Gasteiger partial charge on any atom is -0.378 e. The van der Waals surface area contributed by atoms with Gasteiger partial charge in [0.15, 0.2) is 4.47 Å². The zero-order valence-electron chi connectivity index (χ0n) is 14.3. The molecule has 1 aliphatic heterocycles. The van der Waals surface area contributed by atoms with Gasteiger partial charge in [-0.25, -0.2) is 4.98 Å². The summed E-state index contributed by atoms with van der Waals surface area (Å²) in [6.45, 7) is 5.51. The number of morpholine rings is 1. The van der Waals surface area contributed by atoms with Crippen molar-refractivity contribution >= 4 is 34.3 Å². The van der Waals surface area contributed by atoms with E-state index in [9.17, 15) is 13.2 Å². The van der Waals surface area contributed by atoms with Crippen LogP contribution in [0.5, 0.6) is 0 Å². The van der Waals surface area contributed by atoms with Gasteiger partial charge >= 0.3 is 6.18 Å². The number of alkyl halides is 3. The van der Waals surface area contributed by atoms with Gasteiger partial charge in [0, 0.05) is 24.2 Å². The van der Waals surface area contributed by atoms with Gasteiger partial charge in [-0.15, -0.1) is 11.3 Å². The number of hydrogen-bond acceptors (Lipinski definition) is 5. The molecule has 0 saturated carbocycles. The summed E-state index contributed by atoms with van der Waals surface area (Å²) in [5.41, 5.74) is 0.488. The Kier molecular flexibility index (Phi) is 5.64. The summed E-state index contributed by atoms with van der Waals surface area (Å²) in [6.07, 6.45) is -2.76. The average Bonchev–Trinajstić information content (AvgIpc) is 2.96. The van der Waals surface area contributed by atoms with Gasteiger partial charge in [0.25, 0.3) is 0 Å². The maximum atomic E-state index is 13.1. The van der Waals surface area contributed by atoms with Crippen LogP contribution in [0.3, 0.4) is 0 Å². The number of aromatic nitrogens is 1.